The summed E-state index contributed by atoms with van der Waals surface area (Å²) in [5, 5.41) is 5.33. The summed E-state index contributed by atoms with van der Waals surface area (Å²) >= 11 is 0. The van der Waals surface area contributed by atoms with E-state index in [4.69, 9.17) is 0 Å². The van der Waals surface area contributed by atoms with Gasteiger partial charge in [0.15, 0.2) is 0 Å². The zero-order chi connectivity index (χ0) is 21.4. The molecular formula is C31H23N. The van der Waals surface area contributed by atoms with Crippen molar-refractivity contribution in [2.24, 2.45) is 0 Å². The molecule has 1 aliphatic carbocycles. The van der Waals surface area contributed by atoms with Gasteiger partial charge in [0.05, 0.1) is 11.0 Å². The van der Waals surface area contributed by atoms with Gasteiger partial charge in [-0.3, -0.25) is 0 Å². The van der Waals surface area contributed by atoms with Gasteiger partial charge in [0.1, 0.15) is 0 Å². The van der Waals surface area contributed by atoms with Crippen molar-refractivity contribution in [2.75, 3.05) is 0 Å². The van der Waals surface area contributed by atoms with E-state index in [9.17, 15) is 0 Å². The van der Waals surface area contributed by atoms with E-state index < -0.39 is 0 Å². The summed E-state index contributed by atoms with van der Waals surface area (Å²) in [6.07, 6.45) is 0. The lowest BCUT2D eigenvalue weighted by atomic mass is 9.82. The van der Waals surface area contributed by atoms with Gasteiger partial charge in [0.2, 0.25) is 0 Å². The van der Waals surface area contributed by atoms with Crippen LogP contribution in [0.4, 0.5) is 0 Å². The maximum Gasteiger partial charge on any atom is 0.0547 e. The van der Waals surface area contributed by atoms with Crippen molar-refractivity contribution in [1.29, 1.82) is 0 Å². The first kappa shape index (κ1) is 17.8. The molecule has 0 saturated heterocycles. The fourth-order valence-corrected chi connectivity index (χ4v) is 5.93. The van der Waals surface area contributed by atoms with Gasteiger partial charge in [0.25, 0.3) is 0 Å². The third-order valence-corrected chi connectivity index (χ3v) is 7.39. The van der Waals surface area contributed by atoms with E-state index in [0.717, 1.165) is 0 Å². The molecule has 0 atom stereocenters. The predicted octanol–water partition coefficient (Wildman–Crippen LogP) is 8.24. The molecule has 0 unspecified atom stereocenters. The number of fused-ring (bicyclic) bond motifs is 9. The molecule has 0 bridgehead atoms. The maximum absolute atomic E-state index is 2.40. The lowest BCUT2D eigenvalue weighted by molar-refractivity contribution is 0.661. The van der Waals surface area contributed by atoms with Crippen LogP contribution in [0.2, 0.25) is 0 Å². The Kier molecular flexibility index (Phi) is 3.40. The molecule has 32 heavy (non-hydrogen) atoms. The molecule has 0 fully saturated rings. The van der Waals surface area contributed by atoms with Crippen molar-refractivity contribution in [3.63, 3.8) is 0 Å². The first-order valence-electron chi connectivity index (χ1n) is 11.3. The van der Waals surface area contributed by atoms with Crippen molar-refractivity contribution in [3.8, 4) is 16.8 Å². The Morgan fingerprint density at radius 3 is 2.12 bits per heavy atom. The van der Waals surface area contributed by atoms with E-state index in [0.29, 0.717) is 0 Å². The van der Waals surface area contributed by atoms with Crippen LogP contribution in [-0.4, -0.2) is 4.57 Å². The molecule has 0 aliphatic heterocycles. The molecule has 6 aromatic rings. The van der Waals surface area contributed by atoms with Crippen molar-refractivity contribution in [3.05, 3.63) is 114 Å². The van der Waals surface area contributed by atoms with Crippen LogP contribution in [-0.2, 0) is 5.41 Å². The lowest BCUT2D eigenvalue weighted by Crippen LogP contribution is -2.14. The summed E-state index contributed by atoms with van der Waals surface area (Å²) in [5.41, 5.74) is 9.37. The number of nitrogens with zero attached hydrogens (tertiary/aromatic N) is 1. The van der Waals surface area contributed by atoms with Crippen LogP contribution in [0.25, 0.3) is 49.4 Å². The van der Waals surface area contributed by atoms with Crippen molar-refractivity contribution < 1.29 is 0 Å². The van der Waals surface area contributed by atoms with Crippen LogP contribution < -0.4 is 0 Å². The number of benzene rings is 5. The molecule has 0 spiro atoms. The predicted molar refractivity (Wildman–Crippen MR) is 136 cm³/mol. The maximum atomic E-state index is 2.40. The molecule has 1 aromatic heterocycles. The summed E-state index contributed by atoms with van der Waals surface area (Å²) in [7, 11) is 0. The van der Waals surface area contributed by atoms with Gasteiger partial charge < -0.3 is 4.57 Å². The van der Waals surface area contributed by atoms with Gasteiger partial charge in [-0.15, -0.1) is 0 Å². The number of rotatable bonds is 1. The molecule has 0 N–H and O–H groups in total. The standard InChI is InChI=1S/C31H23N/c1-31(2)25-14-8-6-12-23(25)29-21-17-19-28-30(22(21)16-18-26(29)31)24-13-7-9-15-27(24)32(28)20-10-4-3-5-11-20/h3-19H,1-2H3. The first-order chi connectivity index (χ1) is 15.7. The Hall–Kier alpha value is -3.84. The van der Waals surface area contributed by atoms with Gasteiger partial charge >= 0.3 is 0 Å². The largest absolute Gasteiger partial charge is 0.309 e. The van der Waals surface area contributed by atoms with E-state index in [-0.39, 0.29) is 5.41 Å². The number of aromatic nitrogens is 1. The zero-order valence-electron chi connectivity index (χ0n) is 18.3. The topological polar surface area (TPSA) is 4.93 Å². The summed E-state index contributed by atoms with van der Waals surface area (Å²) in [4.78, 5) is 0. The second-order valence-corrected chi connectivity index (χ2v) is 9.40. The zero-order valence-corrected chi connectivity index (χ0v) is 18.3. The second-order valence-electron chi connectivity index (χ2n) is 9.40. The quantitative estimate of drug-likeness (QED) is 0.258. The Labute approximate surface area is 187 Å². The summed E-state index contributed by atoms with van der Waals surface area (Å²) in [5.74, 6) is 0. The third-order valence-electron chi connectivity index (χ3n) is 7.39. The molecular weight excluding hydrogens is 386 g/mol. The van der Waals surface area contributed by atoms with E-state index >= 15 is 0 Å². The smallest absolute Gasteiger partial charge is 0.0547 e. The molecule has 1 heteroatoms. The SMILES string of the molecule is CC1(C)c2ccccc2-c2c1ccc1c2ccc2c1c1ccccc1n2-c1ccccc1. The molecule has 0 radical (unpaired) electrons. The molecule has 1 aliphatic rings. The van der Waals surface area contributed by atoms with Gasteiger partial charge in [-0.05, 0) is 57.3 Å². The van der Waals surface area contributed by atoms with Crippen LogP contribution in [0.5, 0.6) is 0 Å². The average Bonchev–Trinajstić information content (AvgIpc) is 3.29. The minimum Gasteiger partial charge on any atom is -0.309 e. The third kappa shape index (κ3) is 2.13. The van der Waals surface area contributed by atoms with E-state index in [1.54, 1.807) is 0 Å². The van der Waals surface area contributed by atoms with Gasteiger partial charge in [-0.2, -0.15) is 0 Å². The fourth-order valence-electron chi connectivity index (χ4n) is 5.93. The molecule has 0 amide bonds. The van der Waals surface area contributed by atoms with E-state index in [1.165, 1.54) is 60.5 Å². The lowest BCUT2D eigenvalue weighted by Gasteiger charge is -2.21. The van der Waals surface area contributed by atoms with Crippen molar-refractivity contribution in [2.45, 2.75) is 19.3 Å². The van der Waals surface area contributed by atoms with E-state index in [2.05, 4.69) is 122 Å². The fraction of sp³-hybridized carbons (Fsp3) is 0.0968. The van der Waals surface area contributed by atoms with Crippen LogP contribution in [0.3, 0.4) is 0 Å². The molecule has 7 rings (SSSR count). The Balaban J connectivity index is 1.67. The summed E-state index contributed by atoms with van der Waals surface area (Å²) in [6, 6.07) is 37.8. The average molecular weight is 410 g/mol. The Morgan fingerprint density at radius 2 is 1.25 bits per heavy atom. The summed E-state index contributed by atoms with van der Waals surface area (Å²) in [6.45, 7) is 4.70. The highest BCUT2D eigenvalue weighted by atomic mass is 15.0. The van der Waals surface area contributed by atoms with Crippen LogP contribution >= 0.6 is 0 Å². The Bertz CT molecular complexity index is 1680. The number of para-hydroxylation sites is 2. The second kappa shape index (κ2) is 6.11. The van der Waals surface area contributed by atoms with Gasteiger partial charge in [0, 0.05) is 21.9 Å². The van der Waals surface area contributed by atoms with Crippen molar-refractivity contribution >= 4 is 32.6 Å². The van der Waals surface area contributed by atoms with Crippen molar-refractivity contribution in [1.82, 2.24) is 4.57 Å². The Morgan fingerprint density at radius 1 is 0.531 bits per heavy atom. The van der Waals surface area contributed by atoms with Crippen LogP contribution in [0.1, 0.15) is 25.0 Å². The minimum atomic E-state index is 0.0209. The molecule has 0 saturated carbocycles. The van der Waals surface area contributed by atoms with Gasteiger partial charge in [-0.25, -0.2) is 0 Å². The number of hydrogen-bond acceptors (Lipinski definition) is 0. The normalized spacial score (nSPS) is 14.2. The van der Waals surface area contributed by atoms with Crippen LogP contribution in [0, 0.1) is 0 Å². The highest BCUT2D eigenvalue weighted by Gasteiger charge is 2.36. The van der Waals surface area contributed by atoms with Crippen LogP contribution in [0.15, 0.2) is 103 Å². The molecule has 5 aromatic carbocycles. The minimum absolute atomic E-state index is 0.0209. The molecule has 1 heterocycles. The molecule has 1 nitrogen and oxygen atoms in total. The first-order valence-corrected chi connectivity index (χ1v) is 11.3. The molecule has 152 valence electrons. The highest BCUT2D eigenvalue weighted by molar-refractivity contribution is 6.23. The van der Waals surface area contributed by atoms with E-state index in [1.807, 2.05) is 0 Å². The van der Waals surface area contributed by atoms with Gasteiger partial charge in [-0.1, -0.05) is 92.7 Å². The summed E-state index contributed by atoms with van der Waals surface area (Å²) < 4.78 is 2.40. The highest BCUT2D eigenvalue weighted by Crippen LogP contribution is 2.52. The monoisotopic (exact) mass is 409 g/mol. The number of hydrogen-bond donors (Lipinski definition) is 0.